The zero-order chi connectivity index (χ0) is 18.0. The number of carboxylic acids is 1. The number of halogens is 1. The largest absolute Gasteiger partial charge is 0.481 e. The highest BCUT2D eigenvalue weighted by molar-refractivity contribution is 7.99. The molecule has 6 nitrogen and oxygen atoms in total. The summed E-state index contributed by atoms with van der Waals surface area (Å²) in [6.45, 7) is 0.809. The zero-order valence-corrected chi connectivity index (χ0v) is 15.1. The summed E-state index contributed by atoms with van der Waals surface area (Å²) in [6.07, 6.45) is 0.0706. The van der Waals surface area contributed by atoms with Crippen LogP contribution in [0.5, 0.6) is 0 Å². The lowest BCUT2D eigenvalue weighted by Gasteiger charge is -2.36. The van der Waals surface area contributed by atoms with Gasteiger partial charge in [-0.1, -0.05) is 23.7 Å². The van der Waals surface area contributed by atoms with Crippen molar-refractivity contribution < 1.29 is 19.5 Å². The van der Waals surface area contributed by atoms with Crippen molar-refractivity contribution in [3.8, 4) is 0 Å². The summed E-state index contributed by atoms with van der Waals surface area (Å²) >= 11 is 7.83. The predicted octanol–water partition coefficient (Wildman–Crippen LogP) is 2.11. The Balaban J connectivity index is 1.73. The number of carboxylic acid groups (broad SMARTS) is 1. The van der Waals surface area contributed by atoms with Crippen LogP contribution in [-0.2, 0) is 14.4 Å². The number of thioether (sulfide) groups is 1. The summed E-state index contributed by atoms with van der Waals surface area (Å²) in [5.74, 6) is -0.223. The third-order valence-electron chi connectivity index (χ3n) is 4.54. The van der Waals surface area contributed by atoms with Crippen LogP contribution in [-0.4, -0.2) is 58.4 Å². The molecule has 25 heavy (non-hydrogen) atoms. The van der Waals surface area contributed by atoms with Crippen molar-refractivity contribution in [1.29, 1.82) is 0 Å². The third kappa shape index (κ3) is 3.93. The number of hydrogen-bond acceptors (Lipinski definition) is 4. The molecule has 134 valence electrons. The number of rotatable bonds is 4. The summed E-state index contributed by atoms with van der Waals surface area (Å²) in [4.78, 5) is 39.6. The lowest BCUT2D eigenvalue weighted by Crippen LogP contribution is -2.49. The van der Waals surface area contributed by atoms with Crippen LogP contribution in [0.15, 0.2) is 24.3 Å². The summed E-state index contributed by atoms with van der Waals surface area (Å²) < 4.78 is 0. The van der Waals surface area contributed by atoms with E-state index in [1.165, 1.54) is 0 Å². The van der Waals surface area contributed by atoms with E-state index in [0.29, 0.717) is 23.0 Å². The molecule has 2 atom stereocenters. The fourth-order valence-corrected chi connectivity index (χ4v) is 4.63. The van der Waals surface area contributed by atoms with Crippen LogP contribution in [0.1, 0.15) is 12.8 Å². The van der Waals surface area contributed by atoms with Gasteiger partial charge in [-0.05, 0) is 12.1 Å². The number of benzene rings is 1. The van der Waals surface area contributed by atoms with Gasteiger partial charge in [0, 0.05) is 31.0 Å². The lowest BCUT2D eigenvalue weighted by atomic mass is 10.0. The normalized spacial score (nSPS) is 23.8. The smallest absolute Gasteiger partial charge is 0.305 e. The summed E-state index contributed by atoms with van der Waals surface area (Å²) in [5, 5.41) is 9.54. The highest BCUT2D eigenvalue weighted by atomic mass is 35.5. The van der Waals surface area contributed by atoms with Gasteiger partial charge in [0.15, 0.2) is 0 Å². The first kappa shape index (κ1) is 18.1. The number of carbonyl (C=O) groups excluding carboxylic acids is 2. The molecule has 2 fully saturated rings. The highest BCUT2D eigenvalue weighted by Crippen LogP contribution is 2.32. The number of hydrogen-bond donors (Lipinski definition) is 1. The highest BCUT2D eigenvalue weighted by Gasteiger charge is 2.40. The predicted molar refractivity (Wildman–Crippen MR) is 97.0 cm³/mol. The molecule has 2 aliphatic heterocycles. The van der Waals surface area contributed by atoms with Crippen molar-refractivity contribution in [3.63, 3.8) is 0 Å². The van der Waals surface area contributed by atoms with Crippen LogP contribution in [0.25, 0.3) is 0 Å². The van der Waals surface area contributed by atoms with E-state index in [0.717, 1.165) is 5.75 Å². The van der Waals surface area contributed by atoms with Gasteiger partial charge in [-0.15, -0.1) is 0 Å². The second-order valence-corrected chi connectivity index (χ2v) is 7.77. The first-order chi connectivity index (χ1) is 12.0. The van der Waals surface area contributed by atoms with E-state index in [1.54, 1.807) is 45.8 Å². The topological polar surface area (TPSA) is 77.9 Å². The molecule has 0 bridgehead atoms. The minimum absolute atomic E-state index is 0.0619. The minimum Gasteiger partial charge on any atom is -0.481 e. The average molecular weight is 383 g/mol. The van der Waals surface area contributed by atoms with Crippen LogP contribution in [0.2, 0.25) is 5.02 Å². The molecule has 1 aromatic carbocycles. The van der Waals surface area contributed by atoms with Gasteiger partial charge in [0.25, 0.3) is 0 Å². The molecule has 0 saturated carbocycles. The average Bonchev–Trinajstić information content (AvgIpc) is 2.96. The monoisotopic (exact) mass is 382 g/mol. The Labute approximate surface area is 155 Å². The Morgan fingerprint density at radius 2 is 2.08 bits per heavy atom. The van der Waals surface area contributed by atoms with Gasteiger partial charge in [0.2, 0.25) is 11.8 Å². The summed E-state index contributed by atoms with van der Waals surface area (Å²) in [7, 11) is 0. The van der Waals surface area contributed by atoms with Crippen molar-refractivity contribution in [2.45, 2.75) is 18.9 Å². The van der Waals surface area contributed by atoms with Gasteiger partial charge in [-0.2, -0.15) is 11.8 Å². The fraction of sp³-hybridized carbons (Fsp3) is 0.471. The Kier molecular flexibility index (Phi) is 5.54. The molecule has 0 radical (unpaired) electrons. The molecule has 2 saturated heterocycles. The molecular weight excluding hydrogens is 364 g/mol. The third-order valence-corrected chi connectivity index (χ3v) is 5.95. The maximum Gasteiger partial charge on any atom is 0.305 e. The molecule has 3 rings (SSSR count). The Morgan fingerprint density at radius 1 is 1.32 bits per heavy atom. The van der Waals surface area contributed by atoms with E-state index in [2.05, 4.69) is 0 Å². The molecule has 0 aliphatic carbocycles. The number of para-hydroxylation sites is 1. The quantitative estimate of drug-likeness (QED) is 0.862. The molecule has 2 heterocycles. The number of aliphatic carboxylic acids is 1. The first-order valence-electron chi connectivity index (χ1n) is 8.12. The van der Waals surface area contributed by atoms with Gasteiger partial charge in [-0.25, -0.2) is 0 Å². The molecule has 1 aromatic rings. The van der Waals surface area contributed by atoms with Crippen LogP contribution in [0.4, 0.5) is 5.69 Å². The maximum atomic E-state index is 12.9. The molecule has 8 heteroatoms. The van der Waals surface area contributed by atoms with Crippen LogP contribution < -0.4 is 4.90 Å². The van der Waals surface area contributed by atoms with E-state index < -0.39 is 11.9 Å². The van der Waals surface area contributed by atoms with Crippen LogP contribution in [0, 0.1) is 5.92 Å². The van der Waals surface area contributed by atoms with E-state index in [4.69, 9.17) is 16.7 Å². The van der Waals surface area contributed by atoms with Crippen LogP contribution in [0.3, 0.4) is 0 Å². The van der Waals surface area contributed by atoms with Gasteiger partial charge in [-0.3, -0.25) is 14.4 Å². The number of anilines is 1. The van der Waals surface area contributed by atoms with E-state index >= 15 is 0 Å². The van der Waals surface area contributed by atoms with E-state index in [-0.39, 0.29) is 37.2 Å². The van der Waals surface area contributed by atoms with Crippen molar-refractivity contribution >= 4 is 46.8 Å². The molecule has 0 spiro atoms. The Bertz CT molecular complexity index is 699. The fourth-order valence-electron chi connectivity index (χ4n) is 3.33. The molecular formula is C17H19ClN2O4S. The van der Waals surface area contributed by atoms with Gasteiger partial charge < -0.3 is 14.9 Å². The van der Waals surface area contributed by atoms with Gasteiger partial charge >= 0.3 is 5.97 Å². The second-order valence-electron chi connectivity index (χ2n) is 6.22. The van der Waals surface area contributed by atoms with Crippen molar-refractivity contribution in [2.75, 3.05) is 29.5 Å². The van der Waals surface area contributed by atoms with Crippen molar-refractivity contribution in [3.05, 3.63) is 29.3 Å². The van der Waals surface area contributed by atoms with Gasteiger partial charge in [0.05, 0.1) is 29.1 Å². The summed E-state index contributed by atoms with van der Waals surface area (Å²) in [6, 6.07) is 6.75. The minimum atomic E-state index is -0.912. The van der Waals surface area contributed by atoms with Crippen molar-refractivity contribution in [2.24, 2.45) is 5.92 Å². The lowest BCUT2D eigenvalue weighted by molar-refractivity contribution is -0.142. The van der Waals surface area contributed by atoms with E-state index in [1.807, 2.05) is 0 Å². The zero-order valence-electron chi connectivity index (χ0n) is 13.6. The maximum absolute atomic E-state index is 12.9. The number of carbonyl (C=O) groups is 3. The van der Waals surface area contributed by atoms with Crippen LogP contribution >= 0.6 is 23.4 Å². The summed E-state index contributed by atoms with van der Waals surface area (Å²) in [5.41, 5.74) is 0.612. The van der Waals surface area contributed by atoms with E-state index in [9.17, 15) is 14.4 Å². The number of amides is 2. The molecule has 2 unspecified atom stereocenters. The number of nitrogens with zero attached hydrogens (tertiary/aromatic N) is 2. The molecule has 2 aliphatic rings. The Morgan fingerprint density at radius 3 is 2.80 bits per heavy atom. The SMILES string of the molecule is O=C(O)CC1CSCCN1C(=O)C1CC(=O)N(c2ccccc2Cl)C1. The standard InChI is InChI=1S/C17H19ClN2O4S/c18-13-3-1-2-4-14(13)20-9-11(7-15(20)21)17(24)19-5-6-25-10-12(19)8-16(22)23/h1-4,11-12H,5-10H2,(H,22,23). The molecule has 0 aromatic heterocycles. The molecule has 1 N–H and O–H groups in total. The Hall–Kier alpha value is -1.73. The first-order valence-corrected chi connectivity index (χ1v) is 9.65. The van der Waals surface area contributed by atoms with Gasteiger partial charge in [0.1, 0.15) is 0 Å². The van der Waals surface area contributed by atoms with Crippen molar-refractivity contribution in [1.82, 2.24) is 4.90 Å². The second kappa shape index (κ2) is 7.66. The molecule has 2 amide bonds.